The number of hydrogen-bond donors (Lipinski definition) is 1. The molecule has 18 heavy (non-hydrogen) atoms. The van der Waals surface area contributed by atoms with Crippen LogP contribution in [0.25, 0.3) is 0 Å². The fourth-order valence-electron chi connectivity index (χ4n) is 2.66. The quantitative estimate of drug-likeness (QED) is 0.850. The van der Waals surface area contributed by atoms with E-state index in [2.05, 4.69) is 35.5 Å². The molecule has 0 radical (unpaired) electrons. The zero-order valence-electron chi connectivity index (χ0n) is 11.7. The number of likely N-dealkylation sites (tertiary alicyclic amines) is 1. The predicted octanol–water partition coefficient (Wildman–Crippen LogP) is 3.27. The van der Waals surface area contributed by atoms with Gasteiger partial charge >= 0.3 is 0 Å². The highest BCUT2D eigenvalue weighted by Crippen LogP contribution is 2.15. The van der Waals surface area contributed by atoms with Crippen molar-refractivity contribution in [3.8, 4) is 0 Å². The molecule has 3 heteroatoms. The minimum Gasteiger partial charge on any atom is -0.312 e. The van der Waals surface area contributed by atoms with E-state index in [4.69, 9.17) is 0 Å². The summed E-state index contributed by atoms with van der Waals surface area (Å²) in [7, 11) is 0. The van der Waals surface area contributed by atoms with Gasteiger partial charge in [0.15, 0.2) is 0 Å². The molecule has 0 aromatic carbocycles. The van der Waals surface area contributed by atoms with E-state index in [-0.39, 0.29) is 0 Å². The highest BCUT2D eigenvalue weighted by molar-refractivity contribution is 7.10. The molecule has 0 amide bonds. The van der Waals surface area contributed by atoms with Gasteiger partial charge in [-0.2, -0.15) is 0 Å². The third kappa shape index (κ3) is 4.38. The maximum absolute atomic E-state index is 3.60. The Morgan fingerprint density at radius 2 is 2.11 bits per heavy atom. The molecule has 0 spiro atoms. The number of thiophene rings is 1. The van der Waals surface area contributed by atoms with Crippen molar-refractivity contribution in [3.63, 3.8) is 0 Å². The number of nitrogens with zero attached hydrogens (tertiary/aromatic N) is 1. The summed E-state index contributed by atoms with van der Waals surface area (Å²) in [6, 6.07) is 2.21. The van der Waals surface area contributed by atoms with Gasteiger partial charge in [0.05, 0.1) is 0 Å². The topological polar surface area (TPSA) is 15.3 Å². The van der Waals surface area contributed by atoms with Crippen LogP contribution in [0, 0.1) is 12.8 Å². The first kappa shape index (κ1) is 14.0. The van der Waals surface area contributed by atoms with E-state index >= 15 is 0 Å². The summed E-state index contributed by atoms with van der Waals surface area (Å²) in [4.78, 5) is 4.12. The number of piperidine rings is 1. The van der Waals surface area contributed by atoms with E-state index in [1.165, 1.54) is 49.3 Å². The molecule has 1 aromatic heterocycles. The van der Waals surface area contributed by atoms with Gasteiger partial charge in [-0.05, 0) is 62.3 Å². The molecule has 102 valence electrons. The summed E-state index contributed by atoms with van der Waals surface area (Å²) in [6.07, 6.45) is 4.23. The van der Waals surface area contributed by atoms with Crippen molar-refractivity contribution in [2.75, 3.05) is 26.2 Å². The second kappa shape index (κ2) is 7.27. The van der Waals surface area contributed by atoms with Gasteiger partial charge in [0.25, 0.3) is 0 Å². The molecule has 1 aromatic rings. The Morgan fingerprint density at radius 1 is 1.33 bits per heavy atom. The van der Waals surface area contributed by atoms with Crippen molar-refractivity contribution in [2.45, 2.75) is 39.7 Å². The van der Waals surface area contributed by atoms with Gasteiger partial charge in [-0.15, -0.1) is 11.3 Å². The van der Waals surface area contributed by atoms with Gasteiger partial charge in [-0.1, -0.05) is 13.3 Å². The van der Waals surface area contributed by atoms with Gasteiger partial charge in [-0.3, -0.25) is 0 Å². The van der Waals surface area contributed by atoms with Crippen LogP contribution in [0.3, 0.4) is 0 Å². The first-order valence-corrected chi connectivity index (χ1v) is 8.09. The van der Waals surface area contributed by atoms with E-state index in [1.54, 1.807) is 0 Å². The lowest BCUT2D eigenvalue weighted by Crippen LogP contribution is -2.36. The predicted molar refractivity (Wildman–Crippen MR) is 80.2 cm³/mol. The van der Waals surface area contributed by atoms with Crippen LogP contribution < -0.4 is 5.32 Å². The smallest absolute Gasteiger partial charge is 0.0302 e. The first-order valence-electron chi connectivity index (χ1n) is 7.22. The SMILES string of the molecule is Cc1ccsc1CNCC(C)CN1CCCCC1. The molecule has 1 aliphatic heterocycles. The van der Waals surface area contributed by atoms with Crippen LogP contribution in [0.5, 0.6) is 0 Å². The summed E-state index contributed by atoms with van der Waals surface area (Å²) < 4.78 is 0. The van der Waals surface area contributed by atoms with Crippen LogP contribution in [-0.2, 0) is 6.54 Å². The third-order valence-electron chi connectivity index (χ3n) is 3.77. The summed E-state index contributed by atoms with van der Waals surface area (Å²) >= 11 is 1.86. The van der Waals surface area contributed by atoms with E-state index in [1.807, 2.05) is 11.3 Å². The molecule has 0 saturated carbocycles. The van der Waals surface area contributed by atoms with Crippen LogP contribution >= 0.6 is 11.3 Å². The normalized spacial score (nSPS) is 19.0. The van der Waals surface area contributed by atoms with E-state index in [0.29, 0.717) is 0 Å². The highest BCUT2D eigenvalue weighted by atomic mass is 32.1. The Hall–Kier alpha value is -0.380. The Labute approximate surface area is 115 Å². The third-order valence-corrected chi connectivity index (χ3v) is 4.79. The fourth-order valence-corrected chi connectivity index (χ4v) is 3.54. The maximum atomic E-state index is 3.60. The maximum Gasteiger partial charge on any atom is 0.0302 e. The van der Waals surface area contributed by atoms with Crippen molar-refractivity contribution in [1.29, 1.82) is 0 Å². The van der Waals surface area contributed by atoms with Crippen molar-refractivity contribution in [1.82, 2.24) is 10.2 Å². The minimum atomic E-state index is 0.753. The Bertz CT molecular complexity index is 342. The molecule has 2 heterocycles. The average molecular weight is 266 g/mol. The lowest BCUT2D eigenvalue weighted by Gasteiger charge is -2.29. The van der Waals surface area contributed by atoms with E-state index in [9.17, 15) is 0 Å². The fraction of sp³-hybridized carbons (Fsp3) is 0.733. The van der Waals surface area contributed by atoms with Crippen LogP contribution in [0.4, 0.5) is 0 Å². The number of nitrogens with one attached hydrogen (secondary N) is 1. The van der Waals surface area contributed by atoms with Crippen molar-refractivity contribution < 1.29 is 0 Å². The van der Waals surface area contributed by atoms with Gasteiger partial charge < -0.3 is 10.2 Å². The zero-order valence-corrected chi connectivity index (χ0v) is 12.6. The van der Waals surface area contributed by atoms with Crippen LogP contribution in [0.15, 0.2) is 11.4 Å². The standard InChI is InChI=1S/C15H26N2S/c1-13(12-17-7-4-3-5-8-17)10-16-11-15-14(2)6-9-18-15/h6,9,13,16H,3-5,7-8,10-12H2,1-2H3. The van der Waals surface area contributed by atoms with E-state index in [0.717, 1.165) is 19.0 Å². The molecule has 1 N–H and O–H groups in total. The number of hydrogen-bond acceptors (Lipinski definition) is 3. The van der Waals surface area contributed by atoms with Crippen LogP contribution in [0.2, 0.25) is 0 Å². The summed E-state index contributed by atoms with van der Waals surface area (Å²) in [6.45, 7) is 10.6. The Morgan fingerprint density at radius 3 is 2.78 bits per heavy atom. The molecule has 1 fully saturated rings. The number of rotatable bonds is 6. The van der Waals surface area contributed by atoms with Crippen LogP contribution in [-0.4, -0.2) is 31.1 Å². The second-order valence-corrected chi connectivity index (χ2v) is 6.62. The summed E-state index contributed by atoms with van der Waals surface area (Å²) in [5.41, 5.74) is 1.43. The average Bonchev–Trinajstić information content (AvgIpc) is 2.76. The van der Waals surface area contributed by atoms with Crippen LogP contribution in [0.1, 0.15) is 36.6 Å². The van der Waals surface area contributed by atoms with Gasteiger partial charge in [0.1, 0.15) is 0 Å². The molecule has 0 aliphatic carbocycles. The molecular weight excluding hydrogens is 240 g/mol. The summed E-state index contributed by atoms with van der Waals surface area (Å²) in [5.74, 6) is 0.753. The molecular formula is C15H26N2S. The highest BCUT2D eigenvalue weighted by Gasteiger charge is 2.13. The minimum absolute atomic E-state index is 0.753. The lowest BCUT2D eigenvalue weighted by molar-refractivity contribution is 0.199. The van der Waals surface area contributed by atoms with Crippen molar-refractivity contribution >= 4 is 11.3 Å². The number of aryl methyl sites for hydroxylation is 1. The molecule has 2 nitrogen and oxygen atoms in total. The van der Waals surface area contributed by atoms with Gasteiger partial charge in [-0.25, -0.2) is 0 Å². The lowest BCUT2D eigenvalue weighted by atomic mass is 10.1. The monoisotopic (exact) mass is 266 g/mol. The first-order chi connectivity index (χ1) is 8.75. The van der Waals surface area contributed by atoms with Crippen molar-refractivity contribution in [2.24, 2.45) is 5.92 Å². The molecule has 1 atom stereocenters. The van der Waals surface area contributed by atoms with E-state index < -0.39 is 0 Å². The van der Waals surface area contributed by atoms with Crippen molar-refractivity contribution in [3.05, 3.63) is 21.9 Å². The molecule has 2 rings (SSSR count). The van der Waals surface area contributed by atoms with Gasteiger partial charge in [0, 0.05) is 18.0 Å². The Kier molecular flexibility index (Phi) is 5.67. The zero-order chi connectivity index (χ0) is 12.8. The summed E-state index contributed by atoms with van der Waals surface area (Å²) in [5, 5.41) is 5.79. The molecule has 1 unspecified atom stereocenters. The molecule has 1 aliphatic rings. The molecule has 1 saturated heterocycles. The Balaban J connectivity index is 1.62. The van der Waals surface area contributed by atoms with Gasteiger partial charge in [0.2, 0.25) is 0 Å². The molecule has 0 bridgehead atoms. The largest absolute Gasteiger partial charge is 0.312 e. The second-order valence-electron chi connectivity index (χ2n) is 5.62.